The molecule has 0 radical (unpaired) electrons. The molecular formula is HgN2O4-2. The molecule has 0 bridgehead atoms. The minimum Gasteiger partial charge on any atom is -0.444 e. The van der Waals surface area contributed by atoms with E-state index in [4.69, 9.17) is 20.2 Å². The summed E-state index contributed by atoms with van der Waals surface area (Å²) in [4.78, 5) is 16.0. The third-order valence-electron chi connectivity index (χ3n) is 0. The van der Waals surface area contributed by atoms with Gasteiger partial charge in [0.15, 0.2) is 0 Å². The van der Waals surface area contributed by atoms with Gasteiger partial charge in [0.05, 0.1) is 0 Å². The average molecular weight is 293 g/mol. The van der Waals surface area contributed by atoms with E-state index in [0.29, 0.717) is 0 Å². The zero-order valence-corrected chi connectivity index (χ0v) is 8.73. The summed E-state index contributed by atoms with van der Waals surface area (Å²) in [6.45, 7) is 0. The van der Waals surface area contributed by atoms with Crippen LogP contribution in [-0.4, -0.2) is 0 Å². The summed E-state index contributed by atoms with van der Waals surface area (Å²) in [5.41, 5.74) is 0. The van der Waals surface area contributed by atoms with Gasteiger partial charge in [0.2, 0.25) is 0 Å². The largest absolute Gasteiger partial charge is 0.444 e. The fourth-order valence-corrected chi connectivity index (χ4v) is 0. The maximum atomic E-state index is 8.00. The van der Waals surface area contributed by atoms with Crippen molar-refractivity contribution in [2.24, 2.45) is 10.7 Å². The van der Waals surface area contributed by atoms with Crippen LogP contribution in [0.3, 0.4) is 0 Å². The Hall–Kier alpha value is -0.265. The van der Waals surface area contributed by atoms with Gasteiger partial charge in [-0.2, -0.15) is 0 Å². The Morgan fingerprint density at radius 1 is 1.00 bits per heavy atom. The second-order valence-corrected chi connectivity index (χ2v) is 0.149. The van der Waals surface area contributed by atoms with Crippen LogP contribution in [0.25, 0.3) is 0 Å². The SMILES string of the molecule is O=N[O-].O=N[O-].[Hg]. The van der Waals surface area contributed by atoms with E-state index in [2.05, 4.69) is 0 Å². The Bertz CT molecular complexity index is 30.7. The first-order chi connectivity index (χ1) is 2.83. The molecule has 7 heavy (non-hydrogen) atoms. The van der Waals surface area contributed by atoms with Crippen LogP contribution in [0.1, 0.15) is 0 Å². The molecule has 0 unspecified atom stereocenters. The summed E-state index contributed by atoms with van der Waals surface area (Å²) in [5.74, 6) is 0. The molecule has 38 valence electrons. The molecule has 0 fully saturated rings. The number of rotatable bonds is 0. The van der Waals surface area contributed by atoms with Gasteiger partial charge in [-0.15, -0.1) is 10.7 Å². The quantitative estimate of drug-likeness (QED) is 0.368. The van der Waals surface area contributed by atoms with Gasteiger partial charge >= 0.3 is 0 Å². The van der Waals surface area contributed by atoms with E-state index in [1.165, 1.54) is 0 Å². The van der Waals surface area contributed by atoms with Gasteiger partial charge in [0, 0.05) is 27.7 Å². The van der Waals surface area contributed by atoms with Gasteiger partial charge in [-0.25, -0.2) is 0 Å². The van der Waals surface area contributed by atoms with Crippen LogP contribution in [0.5, 0.6) is 0 Å². The van der Waals surface area contributed by atoms with Crippen LogP contribution in [0.4, 0.5) is 0 Å². The summed E-state index contributed by atoms with van der Waals surface area (Å²) in [7, 11) is 0. The molecule has 0 aromatic heterocycles. The van der Waals surface area contributed by atoms with Gasteiger partial charge in [-0.3, -0.25) is 0 Å². The predicted octanol–water partition coefficient (Wildman–Crippen LogP) is 0.499. The van der Waals surface area contributed by atoms with Crippen LogP contribution in [0.2, 0.25) is 0 Å². The van der Waals surface area contributed by atoms with Crippen LogP contribution in [-0.2, 0) is 27.7 Å². The van der Waals surface area contributed by atoms with Gasteiger partial charge in [-0.05, 0) is 0 Å². The topological polar surface area (TPSA) is 105 Å². The molecule has 0 heterocycles. The first-order valence-electron chi connectivity index (χ1n) is 0.730. The Labute approximate surface area is 58.9 Å². The van der Waals surface area contributed by atoms with Crippen molar-refractivity contribution >= 4 is 0 Å². The molecule has 6 nitrogen and oxygen atoms in total. The summed E-state index contributed by atoms with van der Waals surface area (Å²) < 4.78 is 0. The predicted molar refractivity (Wildman–Crippen MR) is 18.3 cm³/mol. The van der Waals surface area contributed by atoms with Crippen molar-refractivity contribution in [3.05, 3.63) is 20.2 Å². The molecular weight excluding hydrogens is 293 g/mol. The first-order valence-corrected chi connectivity index (χ1v) is 0.730. The van der Waals surface area contributed by atoms with E-state index in [1.54, 1.807) is 0 Å². The van der Waals surface area contributed by atoms with Crippen molar-refractivity contribution in [3.63, 3.8) is 0 Å². The van der Waals surface area contributed by atoms with Crippen LogP contribution in [0.15, 0.2) is 10.7 Å². The third-order valence-corrected chi connectivity index (χ3v) is 0. The molecule has 0 aromatic carbocycles. The summed E-state index contributed by atoms with van der Waals surface area (Å²) >= 11 is 0. The molecule has 0 rings (SSSR count). The third kappa shape index (κ3) is 1140. The summed E-state index contributed by atoms with van der Waals surface area (Å²) in [6.07, 6.45) is 0. The van der Waals surface area contributed by atoms with Crippen molar-refractivity contribution in [3.8, 4) is 0 Å². The van der Waals surface area contributed by atoms with Crippen LogP contribution in [0, 0.1) is 20.2 Å². The molecule has 7 heteroatoms. The van der Waals surface area contributed by atoms with Gasteiger partial charge in [-0.1, -0.05) is 0 Å². The standard InChI is InChI=1S/Hg.2HNO2/c;2*2-1-3/h;2*(H,2,3)/p-2. The number of hydrogen-bond acceptors (Lipinski definition) is 6. The van der Waals surface area contributed by atoms with Gasteiger partial charge in [0.1, 0.15) is 0 Å². The number of hydrogen-bond donors (Lipinski definition) is 0. The molecule has 0 spiro atoms. The van der Waals surface area contributed by atoms with Gasteiger partial charge < -0.3 is 20.2 Å². The fourth-order valence-electron chi connectivity index (χ4n) is 0. The minimum absolute atomic E-state index is 0. The van der Waals surface area contributed by atoms with Crippen molar-refractivity contribution < 1.29 is 27.7 Å². The zero-order valence-electron chi connectivity index (χ0n) is 3.23. The first kappa shape index (κ1) is 15.9. The molecule has 0 aliphatic heterocycles. The van der Waals surface area contributed by atoms with Gasteiger partial charge in [0.25, 0.3) is 0 Å². The fraction of sp³-hybridized carbons (Fsp3) is 0. The Balaban J connectivity index is -0.0000000400. The monoisotopic (exact) mass is 294 g/mol. The Morgan fingerprint density at radius 2 is 1.00 bits per heavy atom. The Morgan fingerprint density at radius 3 is 1.00 bits per heavy atom. The molecule has 0 amide bonds. The molecule has 0 atom stereocenters. The normalized spacial score (nSPS) is 3.43. The maximum absolute atomic E-state index is 8.00. The van der Waals surface area contributed by atoms with Crippen LogP contribution < -0.4 is 0 Å². The van der Waals surface area contributed by atoms with Crippen LogP contribution >= 0.6 is 0 Å². The molecule has 0 aromatic rings. The second-order valence-electron chi connectivity index (χ2n) is 0.149. The zero-order chi connectivity index (χ0) is 5.41. The Kier molecular flexibility index (Phi) is 96.9. The minimum atomic E-state index is 0. The summed E-state index contributed by atoms with van der Waals surface area (Å²) in [5, 5.41) is 18.0. The molecule has 0 saturated carbocycles. The van der Waals surface area contributed by atoms with Crippen molar-refractivity contribution in [2.45, 2.75) is 0 Å². The summed E-state index contributed by atoms with van der Waals surface area (Å²) in [6, 6.07) is 0. The van der Waals surface area contributed by atoms with Crippen molar-refractivity contribution in [1.82, 2.24) is 0 Å². The van der Waals surface area contributed by atoms with Crippen molar-refractivity contribution in [2.75, 3.05) is 0 Å². The molecule has 0 saturated heterocycles. The average Bonchev–Trinajstić information content (AvgIpc) is 1.39. The molecule has 0 N–H and O–H groups in total. The second kappa shape index (κ2) is 42.7. The molecule has 0 aliphatic rings. The van der Waals surface area contributed by atoms with E-state index in [1.807, 2.05) is 0 Å². The maximum Gasteiger partial charge on any atom is 0 e. The van der Waals surface area contributed by atoms with Crippen molar-refractivity contribution in [1.29, 1.82) is 0 Å². The van der Waals surface area contributed by atoms with E-state index in [-0.39, 0.29) is 27.7 Å². The number of nitrogens with zero attached hydrogens (tertiary/aromatic N) is 2. The van der Waals surface area contributed by atoms with E-state index >= 15 is 0 Å². The van der Waals surface area contributed by atoms with E-state index in [9.17, 15) is 0 Å². The van der Waals surface area contributed by atoms with E-state index in [0.717, 1.165) is 10.7 Å². The smallest absolute Gasteiger partial charge is 0 e. The van der Waals surface area contributed by atoms with E-state index < -0.39 is 0 Å². The molecule has 0 aliphatic carbocycles.